The molecule has 1 atom stereocenters. The Morgan fingerprint density at radius 1 is 1.50 bits per heavy atom. The lowest BCUT2D eigenvalue weighted by Crippen LogP contribution is -2.41. The first kappa shape index (κ1) is 15.6. The number of aromatic nitrogens is 3. The van der Waals surface area contributed by atoms with Crippen LogP contribution in [0.4, 0.5) is 4.79 Å². The van der Waals surface area contributed by atoms with Gasteiger partial charge >= 0.3 is 6.03 Å². The van der Waals surface area contributed by atoms with Crippen molar-refractivity contribution in [2.75, 3.05) is 13.1 Å². The summed E-state index contributed by atoms with van der Waals surface area (Å²) >= 11 is 0. The molecule has 0 bridgehead atoms. The van der Waals surface area contributed by atoms with E-state index in [9.17, 15) is 14.4 Å². The molecule has 0 saturated carbocycles. The monoisotopic (exact) mass is 330 g/mol. The van der Waals surface area contributed by atoms with Crippen molar-refractivity contribution >= 4 is 17.8 Å². The normalized spacial score (nSPS) is 15.3. The number of pyridine rings is 1. The molecule has 0 radical (unpaired) electrons. The van der Waals surface area contributed by atoms with Gasteiger partial charge in [-0.15, -0.1) is 0 Å². The maximum atomic E-state index is 12.0. The minimum absolute atomic E-state index is 0.0974. The van der Waals surface area contributed by atoms with E-state index in [1.807, 2.05) is 0 Å². The summed E-state index contributed by atoms with van der Waals surface area (Å²) in [5.41, 5.74) is 0.686. The quantitative estimate of drug-likeness (QED) is 0.730. The van der Waals surface area contributed by atoms with Crippen LogP contribution in [0.15, 0.2) is 29.0 Å². The van der Waals surface area contributed by atoms with E-state index in [-0.39, 0.29) is 19.0 Å². The van der Waals surface area contributed by atoms with Gasteiger partial charge in [0, 0.05) is 18.0 Å². The number of urea groups is 1. The first-order valence-electron chi connectivity index (χ1n) is 7.16. The number of rotatable bonds is 5. The third-order valence-electron chi connectivity index (χ3n) is 3.35. The van der Waals surface area contributed by atoms with Crippen molar-refractivity contribution in [2.24, 2.45) is 0 Å². The summed E-state index contributed by atoms with van der Waals surface area (Å²) in [6.45, 7) is 1.20. The highest BCUT2D eigenvalue weighted by Crippen LogP contribution is 2.17. The van der Waals surface area contributed by atoms with Crippen LogP contribution >= 0.6 is 0 Å². The highest BCUT2D eigenvalue weighted by atomic mass is 16.5. The molecule has 24 heavy (non-hydrogen) atoms. The van der Waals surface area contributed by atoms with Crippen LogP contribution in [0.3, 0.4) is 0 Å². The average Bonchev–Trinajstić information content (AvgIpc) is 3.18. The molecule has 10 heteroatoms. The summed E-state index contributed by atoms with van der Waals surface area (Å²) in [5, 5.41) is 8.78. The van der Waals surface area contributed by atoms with Gasteiger partial charge < -0.3 is 15.2 Å². The van der Waals surface area contributed by atoms with Gasteiger partial charge in [0.25, 0.3) is 5.91 Å². The first-order valence-corrected chi connectivity index (χ1v) is 7.16. The molecule has 124 valence electrons. The third-order valence-corrected chi connectivity index (χ3v) is 3.35. The van der Waals surface area contributed by atoms with E-state index in [0.29, 0.717) is 11.4 Å². The Morgan fingerprint density at radius 3 is 3.00 bits per heavy atom. The Hall–Kier alpha value is -3.30. The van der Waals surface area contributed by atoms with Gasteiger partial charge in [-0.2, -0.15) is 4.98 Å². The summed E-state index contributed by atoms with van der Waals surface area (Å²) in [4.78, 5) is 43.8. The fraction of sp³-hybridized carbons (Fsp3) is 0.286. The van der Waals surface area contributed by atoms with E-state index in [1.54, 1.807) is 31.5 Å². The van der Waals surface area contributed by atoms with Crippen molar-refractivity contribution in [3.05, 3.63) is 30.4 Å². The van der Waals surface area contributed by atoms with E-state index in [0.717, 1.165) is 4.90 Å². The van der Waals surface area contributed by atoms with Gasteiger partial charge in [-0.05, 0) is 19.1 Å². The number of nitrogens with zero attached hydrogens (tertiary/aromatic N) is 4. The Bertz CT molecular complexity index is 759. The second-order valence-electron chi connectivity index (χ2n) is 5.13. The molecule has 0 aliphatic carbocycles. The van der Waals surface area contributed by atoms with Crippen LogP contribution in [0, 0.1) is 0 Å². The second kappa shape index (κ2) is 6.44. The lowest BCUT2D eigenvalue weighted by atomic mass is 10.3. The Morgan fingerprint density at radius 2 is 2.33 bits per heavy atom. The number of amides is 4. The van der Waals surface area contributed by atoms with Crippen molar-refractivity contribution in [1.29, 1.82) is 0 Å². The molecule has 1 fully saturated rings. The molecule has 3 rings (SSSR count). The van der Waals surface area contributed by atoms with E-state index < -0.39 is 23.9 Å². The number of hydrogen-bond acceptors (Lipinski definition) is 7. The molecule has 0 unspecified atom stereocenters. The SMILES string of the molecule is C[C@@H](NC(=O)CN1C(=O)CNC1=O)c1nc(-c2cccnc2)no1. The highest BCUT2D eigenvalue weighted by Gasteiger charge is 2.30. The maximum Gasteiger partial charge on any atom is 0.325 e. The summed E-state index contributed by atoms with van der Waals surface area (Å²) < 4.78 is 5.13. The standard InChI is InChI=1S/C14H14N6O4/c1-8(17-10(21)7-20-11(22)6-16-14(20)23)13-18-12(19-24-13)9-3-2-4-15-5-9/h2-5,8H,6-7H2,1H3,(H,16,23)(H,17,21)/t8-/m1/s1. The van der Waals surface area contributed by atoms with Gasteiger partial charge in [0.2, 0.25) is 17.6 Å². The molecule has 1 aliphatic heterocycles. The summed E-state index contributed by atoms with van der Waals surface area (Å²) in [6, 6.07) is 2.37. The lowest BCUT2D eigenvalue weighted by Gasteiger charge is -2.14. The molecule has 10 nitrogen and oxygen atoms in total. The van der Waals surface area contributed by atoms with Crippen molar-refractivity contribution in [1.82, 2.24) is 30.7 Å². The number of carbonyl (C=O) groups excluding carboxylic acids is 3. The van der Waals surface area contributed by atoms with Crippen LogP contribution in [0.5, 0.6) is 0 Å². The number of carbonyl (C=O) groups is 3. The molecule has 1 saturated heterocycles. The highest BCUT2D eigenvalue weighted by molar-refractivity contribution is 6.04. The van der Waals surface area contributed by atoms with Crippen LogP contribution in [-0.2, 0) is 9.59 Å². The van der Waals surface area contributed by atoms with E-state index in [4.69, 9.17) is 4.52 Å². The van der Waals surface area contributed by atoms with Crippen LogP contribution in [0.25, 0.3) is 11.4 Å². The summed E-state index contributed by atoms with van der Waals surface area (Å²) in [7, 11) is 0. The van der Waals surface area contributed by atoms with E-state index in [1.165, 1.54) is 0 Å². The predicted octanol–water partition coefficient (Wildman–Crippen LogP) is -0.139. The molecule has 0 spiro atoms. The van der Waals surface area contributed by atoms with Gasteiger partial charge in [0.05, 0.1) is 6.54 Å². The fourth-order valence-electron chi connectivity index (χ4n) is 2.13. The minimum Gasteiger partial charge on any atom is -0.343 e. The van der Waals surface area contributed by atoms with Gasteiger partial charge in [-0.25, -0.2) is 4.79 Å². The summed E-state index contributed by atoms with van der Waals surface area (Å²) in [6.07, 6.45) is 3.22. The molecular weight excluding hydrogens is 316 g/mol. The average molecular weight is 330 g/mol. The molecular formula is C14H14N6O4. The Kier molecular flexibility index (Phi) is 4.18. The van der Waals surface area contributed by atoms with Crippen molar-refractivity contribution in [2.45, 2.75) is 13.0 Å². The van der Waals surface area contributed by atoms with Crippen LogP contribution in [0.2, 0.25) is 0 Å². The minimum atomic E-state index is -0.584. The molecule has 2 N–H and O–H groups in total. The third kappa shape index (κ3) is 3.21. The van der Waals surface area contributed by atoms with Crippen LogP contribution in [0.1, 0.15) is 18.9 Å². The van der Waals surface area contributed by atoms with Gasteiger partial charge in [-0.1, -0.05) is 5.16 Å². The summed E-state index contributed by atoms with van der Waals surface area (Å²) in [5.74, 6) is -0.388. The van der Waals surface area contributed by atoms with Gasteiger partial charge in [-0.3, -0.25) is 19.5 Å². The predicted molar refractivity (Wildman–Crippen MR) is 79.2 cm³/mol. The number of nitrogens with one attached hydrogen (secondary N) is 2. The fourth-order valence-corrected chi connectivity index (χ4v) is 2.13. The number of hydrogen-bond donors (Lipinski definition) is 2. The Labute approximate surface area is 136 Å². The molecule has 2 aromatic rings. The molecule has 1 aliphatic rings. The smallest absolute Gasteiger partial charge is 0.325 e. The second-order valence-corrected chi connectivity index (χ2v) is 5.13. The zero-order valence-corrected chi connectivity index (χ0v) is 12.7. The van der Waals surface area contributed by atoms with E-state index >= 15 is 0 Å². The van der Waals surface area contributed by atoms with Crippen molar-refractivity contribution in [3.63, 3.8) is 0 Å². The molecule has 2 aromatic heterocycles. The van der Waals surface area contributed by atoms with Crippen LogP contribution in [-0.4, -0.2) is 51.0 Å². The first-order chi connectivity index (χ1) is 11.5. The molecule has 3 heterocycles. The number of imide groups is 1. The van der Waals surface area contributed by atoms with E-state index in [2.05, 4.69) is 25.8 Å². The molecule has 4 amide bonds. The maximum absolute atomic E-state index is 12.0. The van der Waals surface area contributed by atoms with Gasteiger partial charge in [0.15, 0.2) is 0 Å². The zero-order chi connectivity index (χ0) is 17.1. The van der Waals surface area contributed by atoms with Crippen LogP contribution < -0.4 is 10.6 Å². The van der Waals surface area contributed by atoms with Crippen molar-refractivity contribution < 1.29 is 18.9 Å². The molecule has 0 aromatic carbocycles. The van der Waals surface area contributed by atoms with Crippen molar-refractivity contribution in [3.8, 4) is 11.4 Å². The zero-order valence-electron chi connectivity index (χ0n) is 12.7. The Balaban J connectivity index is 1.62. The van der Waals surface area contributed by atoms with Gasteiger partial charge in [0.1, 0.15) is 12.6 Å². The largest absolute Gasteiger partial charge is 0.343 e. The topological polar surface area (TPSA) is 130 Å². The lowest BCUT2D eigenvalue weighted by molar-refractivity contribution is -0.131.